The number of carbonyl (C=O) groups excluding carboxylic acids is 2. The summed E-state index contributed by atoms with van der Waals surface area (Å²) in [6.45, 7) is 3.52. The first kappa shape index (κ1) is 18.3. The number of halogens is 1. The zero-order chi connectivity index (χ0) is 18.7. The van der Waals surface area contributed by atoms with Crippen molar-refractivity contribution in [2.24, 2.45) is 0 Å². The molecule has 1 atom stereocenters. The molecule has 0 bridgehead atoms. The van der Waals surface area contributed by atoms with Crippen LogP contribution in [0, 0.1) is 6.92 Å². The summed E-state index contributed by atoms with van der Waals surface area (Å²) in [5.74, 6) is -0.719. The Morgan fingerprint density at radius 1 is 1.15 bits per heavy atom. The lowest BCUT2D eigenvalue weighted by atomic mass is 10.3. The summed E-state index contributed by atoms with van der Waals surface area (Å²) in [5.41, 5.74) is 6.58. The Balaban J connectivity index is 1.62. The minimum absolute atomic E-state index is 0.301. The molecule has 2 amide bonds. The van der Waals surface area contributed by atoms with Crippen LogP contribution in [0.15, 0.2) is 53.6 Å². The maximum Gasteiger partial charge on any atom is 0.288 e. The molecule has 2 N–H and O–H groups in total. The van der Waals surface area contributed by atoms with Crippen molar-refractivity contribution in [2.45, 2.75) is 24.0 Å². The number of carbonyl (C=O) groups is 2. The van der Waals surface area contributed by atoms with Crippen LogP contribution < -0.4 is 10.9 Å². The predicted molar refractivity (Wildman–Crippen MR) is 102 cm³/mol. The predicted octanol–water partition coefficient (Wildman–Crippen LogP) is 3.24. The highest BCUT2D eigenvalue weighted by Crippen LogP contribution is 2.24. The summed E-state index contributed by atoms with van der Waals surface area (Å²) in [6, 6.07) is 12.7. The minimum atomic E-state index is -0.418. The van der Waals surface area contributed by atoms with E-state index in [0.717, 1.165) is 4.90 Å². The van der Waals surface area contributed by atoms with E-state index in [1.54, 1.807) is 36.6 Å². The summed E-state index contributed by atoms with van der Waals surface area (Å²) in [4.78, 5) is 29.9. The number of benzene rings is 1. The first-order valence-corrected chi connectivity index (χ1v) is 9.17. The first-order valence-electron chi connectivity index (χ1n) is 7.92. The molecule has 0 radical (unpaired) electrons. The highest BCUT2D eigenvalue weighted by atomic mass is 35.5. The molecule has 3 rings (SSSR count). The topological polar surface area (TPSA) is 75.5 Å². The van der Waals surface area contributed by atoms with Gasteiger partial charge in [-0.15, -0.1) is 11.8 Å². The number of aryl methyl sites for hydroxylation is 1. The van der Waals surface area contributed by atoms with Gasteiger partial charge in [-0.2, -0.15) is 0 Å². The molecule has 26 heavy (non-hydrogen) atoms. The molecule has 1 unspecified atom stereocenters. The number of aromatic nitrogens is 2. The van der Waals surface area contributed by atoms with Crippen molar-refractivity contribution in [2.75, 3.05) is 0 Å². The van der Waals surface area contributed by atoms with Gasteiger partial charge in [-0.1, -0.05) is 17.7 Å². The summed E-state index contributed by atoms with van der Waals surface area (Å²) < 4.78 is 1.68. The van der Waals surface area contributed by atoms with Crippen LogP contribution in [0.25, 0.3) is 5.65 Å². The number of nitrogens with one attached hydrogen (secondary N) is 2. The van der Waals surface area contributed by atoms with Gasteiger partial charge < -0.3 is 0 Å². The number of imidazole rings is 1. The Morgan fingerprint density at radius 3 is 2.62 bits per heavy atom. The minimum Gasteiger partial charge on any atom is -0.295 e. The van der Waals surface area contributed by atoms with Crippen LogP contribution in [0.3, 0.4) is 0 Å². The molecular weight excluding hydrogens is 372 g/mol. The second kappa shape index (κ2) is 7.80. The number of amides is 2. The zero-order valence-corrected chi connectivity index (χ0v) is 15.8. The van der Waals surface area contributed by atoms with E-state index in [1.807, 2.05) is 30.3 Å². The van der Waals surface area contributed by atoms with Gasteiger partial charge in [0.15, 0.2) is 0 Å². The molecule has 0 aliphatic rings. The first-order chi connectivity index (χ1) is 12.5. The third-order valence-electron chi connectivity index (χ3n) is 3.71. The summed E-state index contributed by atoms with van der Waals surface area (Å²) in [7, 11) is 0. The average molecular weight is 389 g/mol. The largest absolute Gasteiger partial charge is 0.295 e. The molecule has 2 heterocycles. The highest BCUT2D eigenvalue weighted by Gasteiger charge is 2.19. The van der Waals surface area contributed by atoms with Crippen LogP contribution >= 0.6 is 23.4 Å². The van der Waals surface area contributed by atoms with Gasteiger partial charge in [0.05, 0.1) is 10.9 Å². The Labute approximate surface area is 159 Å². The Kier molecular flexibility index (Phi) is 5.49. The molecule has 0 fully saturated rings. The van der Waals surface area contributed by atoms with E-state index in [0.29, 0.717) is 22.1 Å². The van der Waals surface area contributed by atoms with E-state index in [4.69, 9.17) is 11.6 Å². The number of pyridine rings is 1. The molecule has 3 aromatic rings. The number of hydrogen-bond acceptors (Lipinski definition) is 4. The van der Waals surface area contributed by atoms with Crippen LogP contribution in [-0.4, -0.2) is 26.4 Å². The maximum absolute atomic E-state index is 12.5. The zero-order valence-electron chi connectivity index (χ0n) is 14.2. The highest BCUT2D eigenvalue weighted by molar-refractivity contribution is 8.00. The number of rotatable bonds is 4. The fourth-order valence-electron chi connectivity index (χ4n) is 2.44. The van der Waals surface area contributed by atoms with Gasteiger partial charge in [0, 0.05) is 16.1 Å². The van der Waals surface area contributed by atoms with Gasteiger partial charge in [-0.25, -0.2) is 4.98 Å². The van der Waals surface area contributed by atoms with E-state index >= 15 is 0 Å². The van der Waals surface area contributed by atoms with Gasteiger partial charge >= 0.3 is 0 Å². The molecule has 0 saturated heterocycles. The van der Waals surface area contributed by atoms with Crippen molar-refractivity contribution in [1.82, 2.24) is 20.2 Å². The molecule has 0 spiro atoms. The number of thioether (sulfide) groups is 1. The number of hydrazine groups is 1. The van der Waals surface area contributed by atoms with Crippen molar-refractivity contribution in [3.05, 3.63) is 65.1 Å². The van der Waals surface area contributed by atoms with Crippen molar-refractivity contribution >= 4 is 40.8 Å². The average Bonchev–Trinajstić information content (AvgIpc) is 2.97. The van der Waals surface area contributed by atoms with Crippen LogP contribution in [0.4, 0.5) is 0 Å². The fraction of sp³-hybridized carbons (Fsp3) is 0.167. The van der Waals surface area contributed by atoms with E-state index < -0.39 is 5.91 Å². The van der Waals surface area contributed by atoms with Crippen molar-refractivity contribution in [1.29, 1.82) is 0 Å². The Morgan fingerprint density at radius 2 is 1.88 bits per heavy atom. The van der Waals surface area contributed by atoms with E-state index in [-0.39, 0.29) is 11.2 Å². The van der Waals surface area contributed by atoms with Gasteiger partial charge in [0.2, 0.25) is 0 Å². The normalized spacial score (nSPS) is 12.0. The van der Waals surface area contributed by atoms with Crippen LogP contribution in [0.5, 0.6) is 0 Å². The molecule has 8 heteroatoms. The quantitative estimate of drug-likeness (QED) is 0.531. The second-order valence-electron chi connectivity index (χ2n) is 5.63. The van der Waals surface area contributed by atoms with Crippen molar-refractivity contribution in [3.8, 4) is 0 Å². The van der Waals surface area contributed by atoms with Crippen LogP contribution in [0.2, 0.25) is 5.02 Å². The van der Waals surface area contributed by atoms with Gasteiger partial charge in [-0.3, -0.25) is 24.8 Å². The standard InChI is InChI=1S/C18H17ClN4O2S/c1-11-16(23-10-4-3-5-15(23)20-11)18(25)22-21-17(24)12(2)26-14-8-6-13(19)7-9-14/h3-10,12H,1-2H3,(H,21,24)(H,22,25). The SMILES string of the molecule is Cc1nc2ccccn2c1C(=O)NNC(=O)C(C)Sc1ccc(Cl)cc1. The summed E-state index contributed by atoms with van der Waals surface area (Å²) in [5, 5.41) is 0.252. The van der Waals surface area contributed by atoms with E-state index in [2.05, 4.69) is 15.8 Å². The van der Waals surface area contributed by atoms with Crippen molar-refractivity contribution in [3.63, 3.8) is 0 Å². The van der Waals surface area contributed by atoms with Gasteiger partial charge in [-0.05, 0) is 50.2 Å². The lowest BCUT2D eigenvalue weighted by molar-refractivity contribution is -0.121. The van der Waals surface area contributed by atoms with E-state index in [9.17, 15) is 9.59 Å². The van der Waals surface area contributed by atoms with Crippen LogP contribution in [-0.2, 0) is 4.79 Å². The Hall–Kier alpha value is -2.51. The monoisotopic (exact) mass is 388 g/mol. The Bertz CT molecular complexity index is 955. The number of hydrogen-bond donors (Lipinski definition) is 2. The molecule has 1 aromatic carbocycles. The number of nitrogens with zero attached hydrogens (tertiary/aromatic N) is 2. The molecule has 2 aromatic heterocycles. The third-order valence-corrected chi connectivity index (χ3v) is 5.08. The lowest BCUT2D eigenvalue weighted by Gasteiger charge is -2.13. The fourth-order valence-corrected chi connectivity index (χ4v) is 3.43. The molecular formula is C18H17ClN4O2S. The summed E-state index contributed by atoms with van der Waals surface area (Å²) in [6.07, 6.45) is 1.76. The molecule has 0 saturated carbocycles. The maximum atomic E-state index is 12.5. The smallest absolute Gasteiger partial charge is 0.288 e. The second-order valence-corrected chi connectivity index (χ2v) is 7.48. The molecule has 0 aliphatic heterocycles. The summed E-state index contributed by atoms with van der Waals surface area (Å²) >= 11 is 7.23. The van der Waals surface area contributed by atoms with Crippen LogP contribution in [0.1, 0.15) is 23.1 Å². The van der Waals surface area contributed by atoms with Crippen molar-refractivity contribution < 1.29 is 9.59 Å². The third kappa shape index (κ3) is 4.00. The molecule has 6 nitrogen and oxygen atoms in total. The molecule has 134 valence electrons. The number of fused-ring (bicyclic) bond motifs is 1. The van der Waals surface area contributed by atoms with Gasteiger partial charge in [0.1, 0.15) is 11.3 Å². The van der Waals surface area contributed by atoms with E-state index in [1.165, 1.54) is 11.8 Å². The van der Waals surface area contributed by atoms with Gasteiger partial charge in [0.25, 0.3) is 11.8 Å². The molecule has 0 aliphatic carbocycles. The lowest BCUT2D eigenvalue weighted by Crippen LogP contribution is -2.45.